The minimum Gasteiger partial charge on any atom is -0.388 e. The van der Waals surface area contributed by atoms with Crippen LogP contribution in [0.1, 0.15) is 45.2 Å². The van der Waals surface area contributed by atoms with Gasteiger partial charge in [0.1, 0.15) is 5.69 Å². The summed E-state index contributed by atoms with van der Waals surface area (Å²) in [6.45, 7) is 4.35. The highest BCUT2D eigenvalue weighted by atomic mass is 16.6. The quantitative estimate of drug-likeness (QED) is 0.642. The van der Waals surface area contributed by atoms with Crippen molar-refractivity contribution < 1.29 is 10.0 Å². The van der Waals surface area contributed by atoms with Gasteiger partial charge < -0.3 is 10.4 Å². The molecule has 0 bridgehead atoms. The van der Waals surface area contributed by atoms with Crippen molar-refractivity contribution in [3.05, 3.63) is 15.8 Å². The number of hydrogen-bond acceptors (Lipinski definition) is 5. The van der Waals surface area contributed by atoms with E-state index < -0.39 is 10.5 Å². The van der Waals surface area contributed by atoms with E-state index in [1.165, 1.54) is 4.68 Å². The van der Waals surface area contributed by atoms with Gasteiger partial charge in [-0.3, -0.25) is 10.1 Å². The van der Waals surface area contributed by atoms with Gasteiger partial charge in [0, 0.05) is 13.6 Å². The van der Waals surface area contributed by atoms with Crippen molar-refractivity contribution in [2.45, 2.75) is 51.6 Å². The maximum Gasteiger partial charge on any atom is 0.333 e. The molecule has 1 fully saturated rings. The second-order valence-electron chi connectivity index (χ2n) is 6.14. The third kappa shape index (κ3) is 3.34. The zero-order chi connectivity index (χ0) is 15.6. The van der Waals surface area contributed by atoms with E-state index in [1.807, 2.05) is 6.92 Å². The largest absolute Gasteiger partial charge is 0.388 e. The third-order valence-corrected chi connectivity index (χ3v) is 4.40. The summed E-state index contributed by atoms with van der Waals surface area (Å²) in [6.07, 6.45) is 3.95. The first-order valence-corrected chi connectivity index (χ1v) is 7.53. The molecule has 0 unspecified atom stereocenters. The van der Waals surface area contributed by atoms with Crippen LogP contribution in [0, 0.1) is 16.0 Å². The molecule has 0 aliphatic heterocycles. The molecule has 0 saturated heterocycles. The number of nitrogens with zero attached hydrogens (tertiary/aromatic N) is 3. The van der Waals surface area contributed by atoms with Gasteiger partial charge in [0.15, 0.2) is 0 Å². The molecule has 118 valence electrons. The predicted molar refractivity (Wildman–Crippen MR) is 80.3 cm³/mol. The highest BCUT2D eigenvalue weighted by molar-refractivity contribution is 5.60. The van der Waals surface area contributed by atoms with E-state index in [0.29, 0.717) is 30.4 Å². The normalized spacial score (nSPS) is 25.8. The Labute approximate surface area is 124 Å². The molecule has 0 atom stereocenters. The highest BCUT2D eigenvalue weighted by Gasteiger charge is 2.33. The maximum atomic E-state index is 11.2. The van der Waals surface area contributed by atoms with Gasteiger partial charge in [-0.1, -0.05) is 13.8 Å². The summed E-state index contributed by atoms with van der Waals surface area (Å²) in [6, 6.07) is 0. The molecule has 1 heterocycles. The third-order valence-electron chi connectivity index (χ3n) is 4.40. The van der Waals surface area contributed by atoms with Gasteiger partial charge in [-0.15, -0.1) is 0 Å². The fraction of sp³-hybridized carbons (Fsp3) is 0.786. The Bertz CT molecular complexity index is 519. The van der Waals surface area contributed by atoms with E-state index in [1.54, 1.807) is 7.05 Å². The van der Waals surface area contributed by atoms with Gasteiger partial charge in [-0.25, -0.2) is 4.68 Å². The van der Waals surface area contributed by atoms with Gasteiger partial charge in [0.2, 0.25) is 5.82 Å². The Balaban J connectivity index is 2.13. The molecule has 1 aliphatic carbocycles. The Hall–Kier alpha value is -1.63. The molecule has 2 rings (SSSR count). The number of anilines is 1. The van der Waals surface area contributed by atoms with Gasteiger partial charge in [0.05, 0.1) is 10.5 Å². The van der Waals surface area contributed by atoms with Crippen LogP contribution >= 0.6 is 0 Å². The van der Waals surface area contributed by atoms with Crippen molar-refractivity contribution in [1.29, 1.82) is 0 Å². The molecule has 7 heteroatoms. The zero-order valence-corrected chi connectivity index (χ0v) is 12.9. The van der Waals surface area contributed by atoms with Crippen LogP contribution in [0.3, 0.4) is 0 Å². The average Bonchev–Trinajstić information content (AvgIpc) is 2.77. The van der Waals surface area contributed by atoms with Crippen molar-refractivity contribution in [3.63, 3.8) is 0 Å². The van der Waals surface area contributed by atoms with Crippen LogP contribution in [0.15, 0.2) is 0 Å². The first kappa shape index (κ1) is 15.8. The van der Waals surface area contributed by atoms with Gasteiger partial charge in [0.25, 0.3) is 0 Å². The summed E-state index contributed by atoms with van der Waals surface area (Å²) in [5.41, 5.74) is -0.293. The van der Waals surface area contributed by atoms with Crippen LogP contribution in [0.2, 0.25) is 0 Å². The van der Waals surface area contributed by atoms with E-state index in [9.17, 15) is 15.2 Å². The lowest BCUT2D eigenvalue weighted by atomic mass is 9.79. The molecule has 1 aromatic rings. The Morgan fingerprint density at radius 2 is 2.14 bits per heavy atom. The summed E-state index contributed by atoms with van der Waals surface area (Å²) in [5, 5.41) is 29.0. The number of aliphatic hydroxyl groups is 1. The van der Waals surface area contributed by atoms with Gasteiger partial charge >= 0.3 is 5.69 Å². The standard InChI is InChI=1S/C14H24N4O3/c1-4-11-12(18(20)21)13(17(3)16-11)15-9-14(19)7-5-10(2)6-8-14/h10,15,19H,4-9H2,1-3H3. The van der Waals surface area contributed by atoms with E-state index in [2.05, 4.69) is 17.3 Å². The molecule has 0 radical (unpaired) electrons. The minimum atomic E-state index is -0.781. The molecule has 1 saturated carbocycles. The number of nitrogens with one attached hydrogen (secondary N) is 1. The number of nitro groups is 1. The van der Waals surface area contributed by atoms with Crippen LogP contribution < -0.4 is 5.32 Å². The van der Waals surface area contributed by atoms with Crippen molar-refractivity contribution in [1.82, 2.24) is 9.78 Å². The molecule has 1 aliphatic rings. The molecule has 0 spiro atoms. The Kier molecular flexibility index (Phi) is 4.51. The van der Waals surface area contributed by atoms with Crippen molar-refractivity contribution in [2.75, 3.05) is 11.9 Å². The smallest absolute Gasteiger partial charge is 0.333 e. The van der Waals surface area contributed by atoms with Gasteiger partial charge in [-0.2, -0.15) is 5.10 Å². The summed E-state index contributed by atoms with van der Waals surface area (Å²) in [4.78, 5) is 10.8. The lowest BCUT2D eigenvalue weighted by Crippen LogP contribution is -2.40. The number of aromatic nitrogens is 2. The van der Waals surface area contributed by atoms with Crippen LogP contribution in [-0.2, 0) is 13.5 Å². The van der Waals surface area contributed by atoms with E-state index in [0.717, 1.165) is 25.7 Å². The topological polar surface area (TPSA) is 93.2 Å². The lowest BCUT2D eigenvalue weighted by molar-refractivity contribution is -0.384. The van der Waals surface area contributed by atoms with Crippen molar-refractivity contribution in [2.24, 2.45) is 13.0 Å². The van der Waals surface area contributed by atoms with E-state index in [-0.39, 0.29) is 5.69 Å². The number of aryl methyl sites for hydroxylation is 2. The fourth-order valence-corrected chi connectivity index (χ4v) is 2.92. The summed E-state index contributed by atoms with van der Waals surface area (Å²) >= 11 is 0. The summed E-state index contributed by atoms with van der Waals surface area (Å²) in [5.74, 6) is 1.02. The highest BCUT2D eigenvalue weighted by Crippen LogP contribution is 2.34. The van der Waals surface area contributed by atoms with E-state index >= 15 is 0 Å². The molecular weight excluding hydrogens is 272 g/mol. The first-order valence-electron chi connectivity index (χ1n) is 7.53. The monoisotopic (exact) mass is 296 g/mol. The number of hydrogen-bond donors (Lipinski definition) is 2. The molecule has 2 N–H and O–H groups in total. The van der Waals surface area contributed by atoms with Crippen LogP contribution in [0.4, 0.5) is 11.5 Å². The Morgan fingerprint density at radius 3 is 2.67 bits per heavy atom. The lowest BCUT2D eigenvalue weighted by Gasteiger charge is -2.35. The second kappa shape index (κ2) is 6.01. The van der Waals surface area contributed by atoms with E-state index in [4.69, 9.17) is 0 Å². The molecular formula is C14H24N4O3. The second-order valence-corrected chi connectivity index (χ2v) is 6.14. The van der Waals surface area contributed by atoms with Crippen molar-refractivity contribution in [3.8, 4) is 0 Å². The maximum absolute atomic E-state index is 11.2. The van der Waals surface area contributed by atoms with Gasteiger partial charge in [-0.05, 0) is 38.0 Å². The fourth-order valence-electron chi connectivity index (χ4n) is 2.92. The first-order chi connectivity index (χ1) is 9.86. The van der Waals surface area contributed by atoms with Crippen LogP contribution in [0.5, 0.6) is 0 Å². The summed E-state index contributed by atoms with van der Waals surface area (Å²) < 4.78 is 1.49. The molecule has 0 amide bonds. The SMILES string of the molecule is CCc1nn(C)c(NCC2(O)CCC(C)CC2)c1[N+](=O)[O-]. The molecule has 0 aromatic carbocycles. The molecule has 7 nitrogen and oxygen atoms in total. The zero-order valence-electron chi connectivity index (χ0n) is 12.9. The minimum absolute atomic E-state index is 0.0211. The summed E-state index contributed by atoms with van der Waals surface area (Å²) in [7, 11) is 1.68. The van der Waals surface area contributed by atoms with Crippen molar-refractivity contribution >= 4 is 11.5 Å². The van der Waals surface area contributed by atoms with Crippen LogP contribution in [0.25, 0.3) is 0 Å². The number of rotatable bonds is 5. The molecule has 21 heavy (non-hydrogen) atoms. The predicted octanol–water partition coefficient (Wildman–Crippen LogP) is 2.24. The average molecular weight is 296 g/mol. The van der Waals surface area contributed by atoms with Crippen LogP contribution in [-0.4, -0.2) is 32.0 Å². The Morgan fingerprint density at radius 1 is 1.52 bits per heavy atom. The molecule has 1 aromatic heterocycles.